The second-order valence-electron chi connectivity index (χ2n) is 7.77. The predicted octanol–water partition coefficient (Wildman–Crippen LogP) is 2.98. The van der Waals surface area contributed by atoms with E-state index in [1.807, 2.05) is 0 Å². The van der Waals surface area contributed by atoms with Gasteiger partial charge in [0.05, 0.1) is 6.17 Å². The summed E-state index contributed by atoms with van der Waals surface area (Å²) in [6.45, 7) is 18.3. The second kappa shape index (κ2) is 5.89. The molecule has 108 valence electrons. The molecule has 2 N–H and O–H groups in total. The van der Waals surface area contributed by atoms with Crippen molar-refractivity contribution >= 4 is 0 Å². The van der Waals surface area contributed by atoms with Crippen LogP contribution in [-0.2, 0) is 0 Å². The first kappa shape index (κ1) is 15.9. The zero-order valence-corrected chi connectivity index (χ0v) is 13.4. The van der Waals surface area contributed by atoms with Gasteiger partial charge in [-0.3, -0.25) is 5.32 Å². The van der Waals surface area contributed by atoms with E-state index in [2.05, 4.69) is 64.2 Å². The highest BCUT2D eigenvalue weighted by atomic mass is 15.6. The molecule has 2 atom stereocenters. The van der Waals surface area contributed by atoms with E-state index in [0.29, 0.717) is 17.6 Å². The molecular formula is C15H33N3. The highest BCUT2D eigenvalue weighted by Gasteiger charge is 2.38. The van der Waals surface area contributed by atoms with Crippen LogP contribution in [0.15, 0.2) is 0 Å². The molecule has 0 saturated carbocycles. The van der Waals surface area contributed by atoms with Gasteiger partial charge in [0.25, 0.3) is 0 Å². The standard InChI is InChI=1S/C15H33N3/c1-8-9-10-18-12(14(2,3)4)11-16-13(17-18)15(5,6)7/h12-13,16-17H,8-11H2,1-7H3. The van der Waals surface area contributed by atoms with Crippen LogP contribution in [0.3, 0.4) is 0 Å². The average Bonchev–Trinajstić information content (AvgIpc) is 2.23. The molecule has 1 fully saturated rings. The van der Waals surface area contributed by atoms with Crippen LogP contribution in [0, 0.1) is 10.8 Å². The number of nitrogens with zero attached hydrogens (tertiary/aromatic N) is 1. The Labute approximate surface area is 114 Å². The maximum Gasteiger partial charge on any atom is 0.0756 e. The third-order valence-electron chi connectivity index (χ3n) is 3.80. The fraction of sp³-hybridized carbons (Fsp3) is 1.00. The van der Waals surface area contributed by atoms with E-state index in [1.54, 1.807) is 0 Å². The van der Waals surface area contributed by atoms with Gasteiger partial charge in [-0.25, -0.2) is 10.4 Å². The Balaban J connectivity index is 2.73. The molecule has 1 heterocycles. The minimum absolute atomic E-state index is 0.243. The van der Waals surface area contributed by atoms with Crippen LogP contribution in [0.4, 0.5) is 0 Å². The lowest BCUT2D eigenvalue weighted by Crippen LogP contribution is -2.70. The summed E-state index contributed by atoms with van der Waals surface area (Å²) < 4.78 is 0. The lowest BCUT2D eigenvalue weighted by molar-refractivity contribution is -0.0328. The second-order valence-corrected chi connectivity index (χ2v) is 7.77. The molecule has 3 heteroatoms. The summed E-state index contributed by atoms with van der Waals surface area (Å²) in [4.78, 5) is 0. The van der Waals surface area contributed by atoms with Crippen molar-refractivity contribution in [3.8, 4) is 0 Å². The first-order chi connectivity index (χ1) is 8.16. The monoisotopic (exact) mass is 255 g/mol. The van der Waals surface area contributed by atoms with Gasteiger partial charge in [0.15, 0.2) is 0 Å². The number of nitrogens with one attached hydrogen (secondary N) is 2. The Hall–Kier alpha value is -0.120. The predicted molar refractivity (Wildman–Crippen MR) is 79.2 cm³/mol. The number of hydrogen-bond acceptors (Lipinski definition) is 3. The lowest BCUT2D eigenvalue weighted by atomic mass is 9.84. The Morgan fingerprint density at radius 3 is 2.11 bits per heavy atom. The third-order valence-corrected chi connectivity index (χ3v) is 3.80. The van der Waals surface area contributed by atoms with Gasteiger partial charge in [0, 0.05) is 19.1 Å². The minimum Gasteiger partial charge on any atom is -0.299 e. The Bertz CT molecular complexity index is 249. The van der Waals surface area contributed by atoms with Crippen molar-refractivity contribution in [3.63, 3.8) is 0 Å². The normalized spacial score (nSPS) is 27.5. The van der Waals surface area contributed by atoms with E-state index in [9.17, 15) is 0 Å². The third kappa shape index (κ3) is 4.22. The first-order valence-corrected chi connectivity index (χ1v) is 7.42. The van der Waals surface area contributed by atoms with Crippen LogP contribution in [0.5, 0.6) is 0 Å². The number of unbranched alkanes of at least 4 members (excludes halogenated alkanes) is 1. The summed E-state index contributed by atoms with van der Waals surface area (Å²) in [5.41, 5.74) is 4.25. The topological polar surface area (TPSA) is 27.3 Å². The summed E-state index contributed by atoms with van der Waals surface area (Å²) in [7, 11) is 0. The number of hydrogen-bond donors (Lipinski definition) is 2. The Morgan fingerprint density at radius 1 is 1.06 bits per heavy atom. The maximum atomic E-state index is 3.71. The number of rotatable bonds is 3. The van der Waals surface area contributed by atoms with Crippen LogP contribution < -0.4 is 10.7 Å². The maximum absolute atomic E-state index is 3.71. The van der Waals surface area contributed by atoms with E-state index < -0.39 is 0 Å². The smallest absolute Gasteiger partial charge is 0.0756 e. The quantitative estimate of drug-likeness (QED) is 0.812. The first-order valence-electron chi connectivity index (χ1n) is 7.42. The fourth-order valence-corrected chi connectivity index (χ4v) is 2.46. The summed E-state index contributed by atoms with van der Waals surface area (Å²) in [6, 6.07) is 0.558. The van der Waals surface area contributed by atoms with E-state index in [1.165, 1.54) is 12.8 Å². The average molecular weight is 255 g/mol. The fourth-order valence-electron chi connectivity index (χ4n) is 2.46. The molecule has 1 aliphatic heterocycles. The van der Waals surface area contributed by atoms with Crippen molar-refractivity contribution in [1.82, 2.24) is 15.8 Å². The molecule has 18 heavy (non-hydrogen) atoms. The van der Waals surface area contributed by atoms with Crippen molar-refractivity contribution in [1.29, 1.82) is 0 Å². The molecule has 1 aliphatic rings. The van der Waals surface area contributed by atoms with Gasteiger partial charge in [-0.15, -0.1) is 0 Å². The largest absolute Gasteiger partial charge is 0.299 e. The Morgan fingerprint density at radius 2 is 1.67 bits per heavy atom. The van der Waals surface area contributed by atoms with Crippen molar-refractivity contribution in [3.05, 3.63) is 0 Å². The summed E-state index contributed by atoms with van der Waals surface area (Å²) in [5, 5.41) is 6.15. The van der Waals surface area contributed by atoms with Crippen molar-refractivity contribution in [2.45, 2.75) is 73.5 Å². The van der Waals surface area contributed by atoms with E-state index in [0.717, 1.165) is 13.1 Å². The highest BCUT2D eigenvalue weighted by molar-refractivity contribution is 4.91. The molecule has 0 aromatic heterocycles. The van der Waals surface area contributed by atoms with E-state index >= 15 is 0 Å². The van der Waals surface area contributed by atoms with Crippen molar-refractivity contribution < 1.29 is 0 Å². The van der Waals surface area contributed by atoms with Crippen molar-refractivity contribution in [2.75, 3.05) is 13.1 Å². The molecular weight excluding hydrogens is 222 g/mol. The molecule has 0 aromatic rings. The van der Waals surface area contributed by atoms with Crippen LogP contribution in [0.2, 0.25) is 0 Å². The molecule has 0 bridgehead atoms. The van der Waals surface area contributed by atoms with Crippen LogP contribution in [-0.4, -0.2) is 30.3 Å². The Kier molecular flexibility index (Phi) is 5.22. The molecule has 0 spiro atoms. The van der Waals surface area contributed by atoms with E-state index in [4.69, 9.17) is 0 Å². The van der Waals surface area contributed by atoms with Gasteiger partial charge in [0.2, 0.25) is 0 Å². The molecule has 2 unspecified atom stereocenters. The molecule has 3 nitrogen and oxygen atoms in total. The molecule has 0 amide bonds. The van der Waals surface area contributed by atoms with Gasteiger partial charge in [0.1, 0.15) is 0 Å². The SMILES string of the molecule is CCCCN1NC(C(C)(C)C)NCC1C(C)(C)C. The minimum atomic E-state index is 0.243. The molecule has 1 rings (SSSR count). The summed E-state index contributed by atoms with van der Waals surface area (Å²) in [5.74, 6) is 0. The molecule has 0 radical (unpaired) electrons. The van der Waals surface area contributed by atoms with Gasteiger partial charge < -0.3 is 0 Å². The van der Waals surface area contributed by atoms with Crippen LogP contribution >= 0.6 is 0 Å². The zero-order chi connectivity index (χ0) is 14.0. The lowest BCUT2D eigenvalue weighted by Gasteiger charge is -2.50. The number of hydrazine groups is 1. The van der Waals surface area contributed by atoms with Crippen LogP contribution in [0.1, 0.15) is 61.3 Å². The van der Waals surface area contributed by atoms with Crippen LogP contribution in [0.25, 0.3) is 0 Å². The summed E-state index contributed by atoms with van der Waals surface area (Å²) >= 11 is 0. The molecule has 1 saturated heterocycles. The van der Waals surface area contributed by atoms with Gasteiger partial charge in [-0.1, -0.05) is 54.9 Å². The van der Waals surface area contributed by atoms with Gasteiger partial charge in [-0.2, -0.15) is 0 Å². The van der Waals surface area contributed by atoms with Crippen molar-refractivity contribution in [2.24, 2.45) is 10.8 Å². The highest BCUT2D eigenvalue weighted by Crippen LogP contribution is 2.28. The molecule has 0 aliphatic carbocycles. The summed E-state index contributed by atoms with van der Waals surface area (Å²) in [6.07, 6.45) is 2.88. The molecule has 0 aromatic carbocycles. The van der Waals surface area contributed by atoms with Gasteiger partial charge in [-0.05, 0) is 17.3 Å². The van der Waals surface area contributed by atoms with E-state index in [-0.39, 0.29) is 5.41 Å². The zero-order valence-electron chi connectivity index (χ0n) is 13.4. The van der Waals surface area contributed by atoms with Gasteiger partial charge >= 0.3 is 0 Å².